The van der Waals surface area contributed by atoms with Crippen molar-refractivity contribution in [3.05, 3.63) is 23.8 Å². The van der Waals surface area contributed by atoms with E-state index in [1.165, 1.54) is 0 Å². The monoisotopic (exact) mass is 241 g/mol. The molecule has 96 valence electrons. The third-order valence-electron chi connectivity index (χ3n) is 2.24. The largest absolute Gasteiger partial charge is 0.490 e. The fourth-order valence-electron chi connectivity index (χ4n) is 1.40. The van der Waals surface area contributed by atoms with Crippen LogP contribution in [0.3, 0.4) is 0 Å². The van der Waals surface area contributed by atoms with Crippen LogP contribution in [0.2, 0.25) is 0 Å². The molecule has 0 saturated heterocycles. The van der Waals surface area contributed by atoms with Crippen LogP contribution in [0, 0.1) is 0 Å². The number of hydrogen-bond acceptors (Lipinski definition) is 5. The molecule has 17 heavy (non-hydrogen) atoms. The molecular formula is C12H19NO4. The average Bonchev–Trinajstić information content (AvgIpc) is 2.36. The summed E-state index contributed by atoms with van der Waals surface area (Å²) in [6.45, 7) is 2.42. The van der Waals surface area contributed by atoms with Crippen molar-refractivity contribution in [1.82, 2.24) is 0 Å². The van der Waals surface area contributed by atoms with E-state index >= 15 is 0 Å². The lowest BCUT2D eigenvalue weighted by Gasteiger charge is -2.15. The number of aliphatic hydroxyl groups excluding tert-OH is 2. The van der Waals surface area contributed by atoms with Crippen molar-refractivity contribution < 1.29 is 19.7 Å². The molecule has 0 unspecified atom stereocenters. The Bertz CT molecular complexity index is 343. The van der Waals surface area contributed by atoms with Gasteiger partial charge in [0.2, 0.25) is 0 Å². The van der Waals surface area contributed by atoms with Gasteiger partial charge in [-0.3, -0.25) is 0 Å². The first-order valence-corrected chi connectivity index (χ1v) is 5.59. The predicted molar refractivity (Wildman–Crippen MR) is 64.2 cm³/mol. The molecule has 0 heterocycles. The summed E-state index contributed by atoms with van der Waals surface area (Å²) >= 11 is 0. The summed E-state index contributed by atoms with van der Waals surface area (Å²) in [7, 11) is 0. The fourth-order valence-corrected chi connectivity index (χ4v) is 1.40. The summed E-state index contributed by atoms with van der Waals surface area (Å²) in [4.78, 5) is 0. The first-order valence-electron chi connectivity index (χ1n) is 5.59. The van der Waals surface area contributed by atoms with Gasteiger partial charge in [0.1, 0.15) is 6.61 Å². The number of hydrogen-bond donors (Lipinski definition) is 3. The molecule has 0 aliphatic carbocycles. The molecule has 0 fully saturated rings. The lowest BCUT2D eigenvalue weighted by atomic mass is 10.1. The van der Waals surface area contributed by atoms with Gasteiger partial charge in [0.05, 0.1) is 25.9 Å². The van der Waals surface area contributed by atoms with Gasteiger partial charge in [0, 0.05) is 0 Å². The maximum atomic E-state index is 8.99. The van der Waals surface area contributed by atoms with Crippen LogP contribution in [0.1, 0.15) is 18.5 Å². The van der Waals surface area contributed by atoms with Crippen LogP contribution in [0.25, 0.3) is 0 Å². The van der Waals surface area contributed by atoms with E-state index in [2.05, 4.69) is 0 Å². The summed E-state index contributed by atoms with van der Waals surface area (Å²) in [5.74, 6) is 1.14. The molecule has 0 bridgehead atoms. The van der Waals surface area contributed by atoms with E-state index in [0.717, 1.165) is 5.56 Å². The van der Waals surface area contributed by atoms with Crippen LogP contribution < -0.4 is 15.2 Å². The fraction of sp³-hybridized carbons (Fsp3) is 0.500. The van der Waals surface area contributed by atoms with Gasteiger partial charge < -0.3 is 25.4 Å². The van der Waals surface area contributed by atoms with E-state index in [4.69, 9.17) is 25.4 Å². The van der Waals surface area contributed by atoms with Gasteiger partial charge in [-0.1, -0.05) is 6.07 Å². The molecule has 0 saturated carbocycles. The number of nitrogens with two attached hydrogens (primary N) is 1. The molecule has 0 amide bonds. The van der Waals surface area contributed by atoms with Gasteiger partial charge in [0.25, 0.3) is 0 Å². The lowest BCUT2D eigenvalue weighted by molar-refractivity contribution is 0.194. The highest BCUT2D eigenvalue weighted by molar-refractivity contribution is 5.43. The van der Waals surface area contributed by atoms with Gasteiger partial charge >= 0.3 is 0 Å². The summed E-state index contributed by atoms with van der Waals surface area (Å²) < 4.78 is 10.8. The summed E-state index contributed by atoms with van der Waals surface area (Å²) in [5, 5.41) is 17.7. The standard InChI is InChI=1S/C12H19NO4/c1-2-16-12-7-9(10(13)8-15)3-4-11(12)17-6-5-14/h3-4,7,10,14-15H,2,5-6,8,13H2,1H3/t10-/m1/s1. The minimum atomic E-state index is -0.430. The zero-order valence-electron chi connectivity index (χ0n) is 9.93. The molecule has 1 aromatic carbocycles. The summed E-state index contributed by atoms with van der Waals surface area (Å²) in [6.07, 6.45) is 0. The van der Waals surface area contributed by atoms with Crippen molar-refractivity contribution in [2.45, 2.75) is 13.0 Å². The minimum Gasteiger partial charge on any atom is -0.490 e. The maximum absolute atomic E-state index is 8.99. The van der Waals surface area contributed by atoms with Gasteiger partial charge in [-0.05, 0) is 24.6 Å². The first kappa shape index (κ1) is 13.8. The SMILES string of the molecule is CCOc1cc([C@H](N)CO)ccc1OCCO. The molecule has 5 nitrogen and oxygen atoms in total. The van der Waals surface area contributed by atoms with E-state index in [0.29, 0.717) is 18.1 Å². The minimum absolute atomic E-state index is 0.0521. The quantitative estimate of drug-likeness (QED) is 0.645. The van der Waals surface area contributed by atoms with Crippen LogP contribution in [0.4, 0.5) is 0 Å². The second-order valence-corrected chi connectivity index (χ2v) is 3.50. The third-order valence-corrected chi connectivity index (χ3v) is 2.24. The first-order chi connectivity index (χ1) is 8.22. The van der Waals surface area contributed by atoms with Crippen molar-refractivity contribution >= 4 is 0 Å². The summed E-state index contributed by atoms with van der Waals surface area (Å²) in [6, 6.07) is 4.82. The maximum Gasteiger partial charge on any atom is 0.161 e. The van der Waals surface area contributed by atoms with E-state index in [9.17, 15) is 0 Å². The van der Waals surface area contributed by atoms with Gasteiger partial charge in [-0.15, -0.1) is 0 Å². The van der Waals surface area contributed by atoms with Crippen LogP contribution in [0.5, 0.6) is 11.5 Å². The molecule has 0 radical (unpaired) electrons. The van der Waals surface area contributed by atoms with E-state index in [1.807, 2.05) is 6.92 Å². The van der Waals surface area contributed by atoms with E-state index < -0.39 is 6.04 Å². The van der Waals surface area contributed by atoms with Crippen LogP contribution in [0.15, 0.2) is 18.2 Å². The zero-order chi connectivity index (χ0) is 12.7. The van der Waals surface area contributed by atoms with Gasteiger partial charge in [0.15, 0.2) is 11.5 Å². The van der Waals surface area contributed by atoms with Crippen LogP contribution >= 0.6 is 0 Å². The highest BCUT2D eigenvalue weighted by Gasteiger charge is 2.10. The molecule has 1 atom stereocenters. The van der Waals surface area contributed by atoms with Gasteiger partial charge in [-0.25, -0.2) is 0 Å². The Morgan fingerprint density at radius 1 is 1.24 bits per heavy atom. The topological polar surface area (TPSA) is 84.9 Å². The molecule has 5 heteroatoms. The zero-order valence-corrected chi connectivity index (χ0v) is 9.93. The van der Waals surface area contributed by atoms with Crippen LogP contribution in [-0.2, 0) is 0 Å². The molecule has 0 aromatic heterocycles. The van der Waals surface area contributed by atoms with Crippen molar-refractivity contribution in [3.63, 3.8) is 0 Å². The Hall–Kier alpha value is -1.30. The predicted octanol–water partition coefficient (Wildman–Crippen LogP) is 0.449. The molecule has 1 aromatic rings. The lowest BCUT2D eigenvalue weighted by Crippen LogP contribution is -2.14. The molecule has 1 rings (SSSR count). The third kappa shape index (κ3) is 3.89. The van der Waals surface area contributed by atoms with E-state index in [-0.39, 0.29) is 19.8 Å². The van der Waals surface area contributed by atoms with Crippen molar-refractivity contribution in [2.24, 2.45) is 5.73 Å². The van der Waals surface area contributed by atoms with Crippen molar-refractivity contribution in [1.29, 1.82) is 0 Å². The second kappa shape index (κ2) is 7.11. The van der Waals surface area contributed by atoms with Crippen molar-refractivity contribution in [2.75, 3.05) is 26.4 Å². The Balaban J connectivity index is 2.90. The Labute approximate surface area is 101 Å². The van der Waals surface area contributed by atoms with Gasteiger partial charge in [-0.2, -0.15) is 0 Å². The Morgan fingerprint density at radius 2 is 2.00 bits per heavy atom. The second-order valence-electron chi connectivity index (χ2n) is 3.50. The molecule has 0 spiro atoms. The number of ether oxygens (including phenoxy) is 2. The highest BCUT2D eigenvalue weighted by Crippen LogP contribution is 2.30. The summed E-state index contributed by atoms with van der Waals surface area (Å²) in [5.41, 5.74) is 6.51. The smallest absolute Gasteiger partial charge is 0.161 e. The number of aliphatic hydroxyl groups is 2. The average molecular weight is 241 g/mol. The highest BCUT2D eigenvalue weighted by atomic mass is 16.5. The number of benzene rings is 1. The van der Waals surface area contributed by atoms with Crippen molar-refractivity contribution in [3.8, 4) is 11.5 Å². The molecule has 4 N–H and O–H groups in total. The Kier molecular flexibility index (Phi) is 5.76. The molecule has 0 aliphatic heterocycles. The molecular weight excluding hydrogens is 222 g/mol. The Morgan fingerprint density at radius 3 is 2.59 bits per heavy atom. The normalized spacial score (nSPS) is 12.2. The van der Waals surface area contributed by atoms with Crippen LogP contribution in [-0.4, -0.2) is 36.6 Å². The molecule has 0 aliphatic rings. The van der Waals surface area contributed by atoms with E-state index in [1.54, 1.807) is 18.2 Å². The number of rotatable bonds is 7.